The van der Waals surface area contributed by atoms with Crippen molar-refractivity contribution < 1.29 is 41.3 Å². The van der Waals surface area contributed by atoms with E-state index in [9.17, 15) is 31.9 Å². The van der Waals surface area contributed by atoms with Crippen LogP contribution in [0.4, 0.5) is 27.6 Å². The third-order valence-corrected chi connectivity index (χ3v) is 9.22. The number of rotatable bonds is 10. The third-order valence-electron chi connectivity index (χ3n) is 8.48. The molecule has 4 aromatic carbocycles. The highest BCUT2D eigenvalue weighted by Crippen LogP contribution is 2.39. The molecule has 0 aliphatic carbocycles. The van der Waals surface area contributed by atoms with Crippen LogP contribution in [0.25, 0.3) is 10.8 Å². The molecule has 14 heteroatoms. The first-order valence-electron chi connectivity index (χ1n) is 15.3. The topological polar surface area (TPSA) is 98.5 Å². The smallest absolute Gasteiger partial charge is 0.383 e. The zero-order chi connectivity index (χ0) is 34.8. The van der Waals surface area contributed by atoms with Crippen LogP contribution in [-0.2, 0) is 21.6 Å². The lowest BCUT2D eigenvalue weighted by molar-refractivity contribution is -0.210. The molecule has 1 amide bonds. The molecule has 0 radical (unpaired) electrons. The second-order valence-electron chi connectivity index (χ2n) is 12.0. The zero-order valence-corrected chi connectivity index (χ0v) is 26.8. The van der Waals surface area contributed by atoms with Gasteiger partial charge in [0.2, 0.25) is 0 Å². The molecular formula is C35H31F5N4O4S. The van der Waals surface area contributed by atoms with Gasteiger partial charge in [-0.25, -0.2) is 18.4 Å². The summed E-state index contributed by atoms with van der Waals surface area (Å²) in [5.41, 5.74) is -4.65. The van der Waals surface area contributed by atoms with Crippen molar-refractivity contribution in [2.24, 2.45) is 11.8 Å². The maximum absolute atomic E-state index is 14.9. The van der Waals surface area contributed by atoms with Crippen molar-refractivity contribution in [1.29, 1.82) is 0 Å². The number of thioether (sulfide) groups is 1. The van der Waals surface area contributed by atoms with E-state index in [2.05, 4.69) is 15.4 Å². The molecule has 0 bridgehead atoms. The highest BCUT2D eigenvalue weighted by Gasteiger charge is 2.41. The van der Waals surface area contributed by atoms with Crippen LogP contribution in [0.2, 0.25) is 0 Å². The Labute approximate surface area is 282 Å². The average Bonchev–Trinajstić information content (AvgIpc) is 3.57. The molecule has 5 aromatic rings. The molecule has 1 saturated heterocycles. The molecule has 2 atom stereocenters. The van der Waals surface area contributed by atoms with Crippen LogP contribution in [0.15, 0.2) is 96.4 Å². The Hall–Kier alpha value is -4.37. The number of carbonyl (C=O) groups is 1. The Morgan fingerprint density at radius 3 is 2.39 bits per heavy atom. The Morgan fingerprint density at radius 2 is 1.71 bits per heavy atom. The van der Waals surface area contributed by atoms with Crippen LogP contribution in [0.1, 0.15) is 41.1 Å². The minimum atomic E-state index is -4.39. The number of alkyl halides is 3. The van der Waals surface area contributed by atoms with Crippen molar-refractivity contribution in [3.8, 4) is 0 Å². The van der Waals surface area contributed by atoms with E-state index in [-0.39, 0.29) is 34.7 Å². The predicted octanol–water partition coefficient (Wildman–Crippen LogP) is 7.85. The van der Waals surface area contributed by atoms with E-state index in [4.69, 9.17) is 9.47 Å². The summed E-state index contributed by atoms with van der Waals surface area (Å²) in [5.74, 6) is -2.64. The Morgan fingerprint density at radius 1 is 1.00 bits per heavy atom. The van der Waals surface area contributed by atoms with Gasteiger partial charge < -0.3 is 19.9 Å². The number of amides is 1. The molecular weight excluding hydrogens is 667 g/mol. The number of fused-ring (bicyclic) bond motifs is 1. The summed E-state index contributed by atoms with van der Waals surface area (Å²) in [5, 5.41) is 20.2. The van der Waals surface area contributed by atoms with Gasteiger partial charge in [-0.1, -0.05) is 31.2 Å². The molecule has 1 aliphatic heterocycles. The second kappa shape index (κ2) is 14.2. The minimum Gasteiger partial charge on any atom is -0.383 e. The first-order chi connectivity index (χ1) is 23.4. The van der Waals surface area contributed by atoms with Crippen LogP contribution in [0, 0.1) is 23.5 Å². The van der Waals surface area contributed by atoms with E-state index < -0.39 is 40.9 Å². The summed E-state index contributed by atoms with van der Waals surface area (Å²) in [7, 11) is 0. The quantitative estimate of drug-likeness (QED) is 0.113. The first kappa shape index (κ1) is 34.5. The maximum atomic E-state index is 14.9. The summed E-state index contributed by atoms with van der Waals surface area (Å²) in [6.07, 6.45) is 2.49. The Kier molecular flexibility index (Phi) is 10.0. The molecule has 6 rings (SSSR count). The Bertz CT molecular complexity index is 1920. The fourth-order valence-electron chi connectivity index (χ4n) is 5.97. The number of nitrogens with zero attached hydrogens (tertiary/aromatic N) is 3. The molecule has 1 fully saturated rings. The van der Waals surface area contributed by atoms with Gasteiger partial charge in [-0.3, -0.25) is 4.79 Å². The maximum Gasteiger partial charge on any atom is 0.446 e. The molecule has 2 heterocycles. The van der Waals surface area contributed by atoms with E-state index in [1.807, 2.05) is 18.2 Å². The molecule has 1 aliphatic rings. The van der Waals surface area contributed by atoms with Gasteiger partial charge in [0.1, 0.15) is 29.9 Å². The second-order valence-corrected chi connectivity index (χ2v) is 13.1. The number of ether oxygens (including phenoxy) is 2. The van der Waals surface area contributed by atoms with Crippen molar-refractivity contribution in [2.75, 3.05) is 18.5 Å². The minimum absolute atomic E-state index is 0.0214. The number of aliphatic hydroxyl groups is 1. The number of anilines is 1. The highest BCUT2D eigenvalue weighted by molar-refractivity contribution is 8.00. The summed E-state index contributed by atoms with van der Waals surface area (Å²) in [4.78, 5) is 16.8. The van der Waals surface area contributed by atoms with Crippen molar-refractivity contribution in [2.45, 2.75) is 42.2 Å². The third kappa shape index (κ3) is 8.27. The molecule has 1 aromatic heterocycles. The van der Waals surface area contributed by atoms with Crippen molar-refractivity contribution in [1.82, 2.24) is 14.8 Å². The van der Waals surface area contributed by atoms with Crippen molar-refractivity contribution in [3.05, 3.63) is 120 Å². The lowest BCUT2D eigenvalue weighted by atomic mass is 9.77. The Balaban J connectivity index is 1.08. The average molecular weight is 699 g/mol. The van der Waals surface area contributed by atoms with Gasteiger partial charge in [-0.15, -0.1) is 0 Å². The van der Waals surface area contributed by atoms with Gasteiger partial charge in [0.05, 0.1) is 19.8 Å². The molecule has 8 nitrogen and oxygen atoms in total. The summed E-state index contributed by atoms with van der Waals surface area (Å²) in [6.45, 7) is 2.32. The van der Waals surface area contributed by atoms with E-state index in [0.29, 0.717) is 30.9 Å². The molecule has 256 valence electrons. The number of hydrogen-bond donors (Lipinski definition) is 2. The van der Waals surface area contributed by atoms with Crippen LogP contribution >= 0.6 is 11.8 Å². The standard InChI is InChI=1S/C35H31F5N4O4S/c1-21(34(46,18-44-20-41-19-42-44)30-11-6-27(36)15-31(30)37)12-22-16-47-33(48-17-22)26-5-3-23-13-25(4-2-24(23)14-26)32(45)43-28-7-9-29(10-8-28)49-35(38,39)40/h2-11,13-15,19-22,33,46H,12,16-18H2,1H3,(H,43,45). The van der Waals surface area contributed by atoms with Gasteiger partial charge >= 0.3 is 5.51 Å². The summed E-state index contributed by atoms with van der Waals surface area (Å²) in [6, 6.07) is 19.3. The largest absolute Gasteiger partial charge is 0.446 e. The van der Waals surface area contributed by atoms with E-state index in [0.717, 1.165) is 28.5 Å². The summed E-state index contributed by atoms with van der Waals surface area (Å²) >= 11 is -0.224. The van der Waals surface area contributed by atoms with Gasteiger partial charge in [-0.2, -0.15) is 18.3 Å². The highest BCUT2D eigenvalue weighted by atomic mass is 32.2. The number of hydrogen-bond acceptors (Lipinski definition) is 7. The van der Waals surface area contributed by atoms with E-state index in [1.54, 1.807) is 25.1 Å². The van der Waals surface area contributed by atoms with Gasteiger partial charge in [0, 0.05) is 39.3 Å². The van der Waals surface area contributed by atoms with Gasteiger partial charge in [0.25, 0.3) is 5.91 Å². The number of nitrogens with one attached hydrogen (secondary N) is 1. The lowest BCUT2D eigenvalue weighted by Crippen LogP contribution is -2.41. The number of halogens is 5. The predicted molar refractivity (Wildman–Crippen MR) is 172 cm³/mol. The lowest BCUT2D eigenvalue weighted by Gasteiger charge is -2.38. The number of benzene rings is 4. The van der Waals surface area contributed by atoms with Gasteiger partial charge in [-0.05, 0) is 83.4 Å². The van der Waals surface area contributed by atoms with Crippen LogP contribution in [0.3, 0.4) is 0 Å². The van der Waals surface area contributed by atoms with E-state index in [1.165, 1.54) is 47.7 Å². The SMILES string of the molecule is CC(CC1COC(c2ccc3cc(C(=O)Nc4ccc(SC(F)(F)F)cc4)ccc3c2)OC1)C(O)(Cn1cncn1)c1ccc(F)cc1F. The fraction of sp³-hybridized carbons (Fsp3) is 0.286. The molecule has 2 unspecified atom stereocenters. The molecule has 49 heavy (non-hydrogen) atoms. The summed E-state index contributed by atoms with van der Waals surface area (Å²) < 4.78 is 79.9. The van der Waals surface area contributed by atoms with Crippen LogP contribution < -0.4 is 5.32 Å². The molecule has 2 N–H and O–H groups in total. The normalized spacial score (nSPS) is 18.6. The van der Waals surface area contributed by atoms with E-state index >= 15 is 0 Å². The van der Waals surface area contributed by atoms with Gasteiger partial charge in [0.15, 0.2) is 6.29 Å². The van der Waals surface area contributed by atoms with Crippen molar-refractivity contribution in [3.63, 3.8) is 0 Å². The van der Waals surface area contributed by atoms with Crippen molar-refractivity contribution >= 4 is 34.1 Å². The molecule has 0 spiro atoms. The zero-order valence-electron chi connectivity index (χ0n) is 26.0. The fourth-order valence-corrected chi connectivity index (χ4v) is 6.51. The monoisotopic (exact) mass is 698 g/mol. The van der Waals surface area contributed by atoms with Crippen LogP contribution in [-0.4, -0.2) is 44.5 Å². The molecule has 0 saturated carbocycles. The van der Waals surface area contributed by atoms with Crippen LogP contribution in [0.5, 0.6) is 0 Å². The number of carbonyl (C=O) groups excluding carboxylic acids is 1. The first-order valence-corrected chi connectivity index (χ1v) is 16.1. The number of aromatic nitrogens is 3.